The van der Waals surface area contributed by atoms with Crippen molar-refractivity contribution in [3.63, 3.8) is 0 Å². The van der Waals surface area contributed by atoms with Crippen molar-refractivity contribution in [2.75, 3.05) is 18.4 Å². The van der Waals surface area contributed by atoms with Gasteiger partial charge in [-0.05, 0) is 81.1 Å². The average molecular weight is 442 g/mol. The number of nitrogens with one attached hydrogen (secondary N) is 1. The third kappa shape index (κ3) is 3.80. The van der Waals surface area contributed by atoms with Gasteiger partial charge in [0.15, 0.2) is 0 Å². The zero-order chi connectivity index (χ0) is 20.9. The molecule has 0 bridgehead atoms. The number of carbonyl (C=O) groups is 1. The average Bonchev–Trinajstić information content (AvgIpc) is 3.29. The minimum atomic E-state index is 0.0899. The van der Waals surface area contributed by atoms with Crippen molar-refractivity contribution in [3.05, 3.63) is 52.0 Å². The van der Waals surface area contributed by atoms with E-state index >= 15 is 0 Å². The maximum absolute atomic E-state index is 12.9. The Balaban J connectivity index is 1.18. The highest BCUT2D eigenvalue weighted by molar-refractivity contribution is 7.18. The Morgan fingerprint density at radius 1 is 1.30 bits per heavy atom. The molecule has 3 aromatic rings. The molecule has 1 amide bonds. The van der Waals surface area contributed by atoms with Gasteiger partial charge >= 0.3 is 0 Å². The summed E-state index contributed by atoms with van der Waals surface area (Å²) in [6.45, 7) is 4.54. The third-order valence-corrected chi connectivity index (χ3v) is 7.74. The largest absolute Gasteiger partial charge is 0.508 e. The van der Waals surface area contributed by atoms with Crippen LogP contribution in [0.2, 0.25) is 5.02 Å². The van der Waals surface area contributed by atoms with Crippen molar-refractivity contribution in [1.82, 2.24) is 9.88 Å². The van der Waals surface area contributed by atoms with Crippen molar-refractivity contribution < 1.29 is 9.90 Å². The number of thiazole rings is 1. The van der Waals surface area contributed by atoms with Gasteiger partial charge in [-0.25, -0.2) is 4.98 Å². The summed E-state index contributed by atoms with van der Waals surface area (Å²) in [5.41, 5.74) is 2.77. The van der Waals surface area contributed by atoms with Gasteiger partial charge in [0.2, 0.25) is 5.91 Å². The number of piperidine rings is 1. The van der Waals surface area contributed by atoms with E-state index in [2.05, 4.69) is 15.2 Å². The summed E-state index contributed by atoms with van der Waals surface area (Å²) < 4.78 is 1.14. The van der Waals surface area contributed by atoms with E-state index in [0.717, 1.165) is 58.8 Å². The minimum Gasteiger partial charge on any atom is -0.508 e. The normalized spacial score (nSPS) is 20.5. The van der Waals surface area contributed by atoms with Crippen LogP contribution in [0.5, 0.6) is 5.75 Å². The van der Waals surface area contributed by atoms with Crippen LogP contribution in [-0.2, 0) is 11.3 Å². The second kappa shape index (κ2) is 7.52. The topological polar surface area (TPSA) is 65.5 Å². The lowest BCUT2D eigenvalue weighted by Crippen LogP contribution is -2.35. The summed E-state index contributed by atoms with van der Waals surface area (Å²) in [6, 6.07) is 11.1. The lowest BCUT2D eigenvalue weighted by molar-refractivity contribution is -0.118. The van der Waals surface area contributed by atoms with Gasteiger partial charge in [0.25, 0.3) is 0 Å². The number of rotatable bonds is 4. The summed E-state index contributed by atoms with van der Waals surface area (Å²) in [5, 5.41) is 14.8. The number of aromatic hydroxyl groups is 1. The molecule has 2 fully saturated rings. The SMILES string of the molecule is Cc1nc2cc(NC(=O)C3CC34CCN(Cc3cc(Cl)ccc3O)CC4)ccc2s1. The van der Waals surface area contributed by atoms with E-state index in [1.807, 2.05) is 31.2 Å². The lowest BCUT2D eigenvalue weighted by Gasteiger charge is -2.33. The number of aromatic nitrogens is 1. The number of amides is 1. The summed E-state index contributed by atoms with van der Waals surface area (Å²) in [6.07, 6.45) is 2.99. The molecule has 5 rings (SSSR count). The molecule has 1 aliphatic heterocycles. The van der Waals surface area contributed by atoms with Crippen LogP contribution in [0.3, 0.4) is 0 Å². The first kappa shape index (κ1) is 19.8. The molecule has 1 spiro atoms. The predicted molar refractivity (Wildman–Crippen MR) is 121 cm³/mol. The molecule has 1 atom stereocenters. The number of phenolic OH excluding ortho intramolecular Hbond substituents is 1. The molecule has 2 aliphatic rings. The third-order valence-electron chi connectivity index (χ3n) is 6.56. The van der Waals surface area contributed by atoms with Gasteiger partial charge in [0, 0.05) is 28.7 Å². The second-order valence-corrected chi connectivity index (χ2v) is 10.2. The van der Waals surface area contributed by atoms with Gasteiger partial charge in [-0.2, -0.15) is 0 Å². The van der Waals surface area contributed by atoms with Crippen LogP contribution in [0.15, 0.2) is 36.4 Å². The Bertz CT molecular complexity index is 1120. The molecule has 2 aromatic carbocycles. The Morgan fingerprint density at radius 2 is 2.10 bits per heavy atom. The second-order valence-electron chi connectivity index (χ2n) is 8.57. The number of nitrogens with zero attached hydrogens (tertiary/aromatic N) is 2. The van der Waals surface area contributed by atoms with Crippen molar-refractivity contribution >= 4 is 44.7 Å². The maximum Gasteiger partial charge on any atom is 0.228 e. The molecule has 156 valence electrons. The van der Waals surface area contributed by atoms with Crippen molar-refractivity contribution in [2.45, 2.75) is 32.7 Å². The Hall–Kier alpha value is -2.15. The number of halogens is 1. The lowest BCUT2D eigenvalue weighted by atomic mass is 9.90. The number of hydrogen-bond acceptors (Lipinski definition) is 5. The first-order chi connectivity index (χ1) is 14.4. The molecule has 1 unspecified atom stereocenters. The standard InChI is InChI=1S/C23H24ClN3O2S/c1-14-25-19-11-17(3-5-21(19)30-14)26-22(29)18-12-23(18)6-8-27(9-7-23)13-15-10-16(24)2-4-20(15)28/h2-5,10-11,18,28H,6-9,12-13H2,1H3,(H,26,29). The molecule has 1 saturated carbocycles. The molecule has 1 aromatic heterocycles. The smallest absolute Gasteiger partial charge is 0.228 e. The molecular weight excluding hydrogens is 418 g/mol. The molecular formula is C23H24ClN3O2S. The monoisotopic (exact) mass is 441 g/mol. The highest BCUT2D eigenvalue weighted by Crippen LogP contribution is 2.59. The van der Waals surface area contributed by atoms with Crippen LogP contribution in [0.1, 0.15) is 29.8 Å². The molecule has 0 radical (unpaired) electrons. The van der Waals surface area contributed by atoms with Crippen molar-refractivity contribution in [1.29, 1.82) is 0 Å². The number of hydrogen-bond donors (Lipinski definition) is 2. The van der Waals surface area contributed by atoms with E-state index in [1.165, 1.54) is 0 Å². The molecule has 5 nitrogen and oxygen atoms in total. The maximum atomic E-state index is 12.9. The van der Waals surface area contributed by atoms with E-state index in [0.29, 0.717) is 11.6 Å². The van der Waals surface area contributed by atoms with Crippen molar-refractivity contribution in [2.24, 2.45) is 11.3 Å². The van der Waals surface area contributed by atoms with Crippen molar-refractivity contribution in [3.8, 4) is 5.75 Å². The number of anilines is 1. The fourth-order valence-electron chi connectivity index (χ4n) is 4.70. The van der Waals surface area contributed by atoms with E-state index in [-0.39, 0.29) is 23.0 Å². The Morgan fingerprint density at radius 3 is 2.90 bits per heavy atom. The van der Waals surface area contributed by atoms with E-state index in [1.54, 1.807) is 23.5 Å². The summed E-state index contributed by atoms with van der Waals surface area (Å²) in [5.74, 6) is 0.505. The van der Waals surface area contributed by atoms with E-state index in [4.69, 9.17) is 11.6 Å². The number of phenols is 1. The Labute approximate surface area is 184 Å². The van der Waals surface area contributed by atoms with Gasteiger partial charge < -0.3 is 10.4 Å². The molecule has 7 heteroatoms. The zero-order valence-corrected chi connectivity index (χ0v) is 18.4. The summed E-state index contributed by atoms with van der Waals surface area (Å²) in [4.78, 5) is 19.7. The molecule has 2 N–H and O–H groups in total. The number of aryl methyl sites for hydroxylation is 1. The first-order valence-corrected chi connectivity index (χ1v) is 11.5. The van der Waals surface area contributed by atoms with E-state index in [9.17, 15) is 9.90 Å². The van der Waals surface area contributed by atoms with Crippen LogP contribution >= 0.6 is 22.9 Å². The van der Waals surface area contributed by atoms with E-state index < -0.39 is 0 Å². The van der Waals surface area contributed by atoms with Gasteiger partial charge in [0.1, 0.15) is 5.75 Å². The van der Waals surface area contributed by atoms with Crippen LogP contribution < -0.4 is 5.32 Å². The highest BCUT2D eigenvalue weighted by Gasteiger charge is 2.58. The number of benzene rings is 2. The minimum absolute atomic E-state index is 0.0899. The van der Waals surface area contributed by atoms with Crippen LogP contribution in [0, 0.1) is 18.3 Å². The zero-order valence-electron chi connectivity index (χ0n) is 16.8. The van der Waals surface area contributed by atoms with Crippen LogP contribution in [0.4, 0.5) is 5.69 Å². The number of likely N-dealkylation sites (tertiary alicyclic amines) is 1. The fourth-order valence-corrected chi connectivity index (χ4v) is 5.70. The highest BCUT2D eigenvalue weighted by atomic mass is 35.5. The van der Waals surface area contributed by atoms with Gasteiger partial charge in [0.05, 0.1) is 15.2 Å². The fraction of sp³-hybridized carbons (Fsp3) is 0.391. The first-order valence-electron chi connectivity index (χ1n) is 10.3. The predicted octanol–water partition coefficient (Wildman–Crippen LogP) is 5.20. The number of fused-ring (bicyclic) bond motifs is 1. The quantitative estimate of drug-likeness (QED) is 0.583. The van der Waals surface area contributed by atoms with Gasteiger partial charge in [-0.1, -0.05) is 11.6 Å². The Kier molecular flexibility index (Phi) is 4.96. The summed E-state index contributed by atoms with van der Waals surface area (Å²) in [7, 11) is 0. The molecule has 30 heavy (non-hydrogen) atoms. The number of carbonyl (C=O) groups excluding carboxylic acids is 1. The molecule has 2 heterocycles. The van der Waals surface area contributed by atoms with Crippen LogP contribution in [-0.4, -0.2) is 34.0 Å². The molecule has 1 saturated heterocycles. The summed E-state index contributed by atoms with van der Waals surface area (Å²) >= 11 is 7.73. The molecule has 1 aliphatic carbocycles. The van der Waals surface area contributed by atoms with Gasteiger partial charge in [-0.15, -0.1) is 11.3 Å². The van der Waals surface area contributed by atoms with Crippen LogP contribution in [0.25, 0.3) is 10.2 Å². The van der Waals surface area contributed by atoms with Gasteiger partial charge in [-0.3, -0.25) is 9.69 Å².